The molecule has 5 nitrogen and oxygen atoms in total. The van der Waals surface area contributed by atoms with Gasteiger partial charge < -0.3 is 20.4 Å². The second-order valence-corrected chi connectivity index (χ2v) is 4.63. The van der Waals surface area contributed by atoms with Gasteiger partial charge in [0.05, 0.1) is 6.10 Å². The van der Waals surface area contributed by atoms with Gasteiger partial charge in [0.15, 0.2) is 5.84 Å². The first-order valence-electron chi connectivity index (χ1n) is 6.24. The molecule has 1 atom stereocenters. The first-order valence-corrected chi connectivity index (χ1v) is 6.24. The van der Waals surface area contributed by atoms with Gasteiger partial charge in [0.25, 0.3) is 0 Å². The minimum absolute atomic E-state index is 0.0760. The van der Waals surface area contributed by atoms with E-state index < -0.39 is 0 Å². The van der Waals surface area contributed by atoms with Gasteiger partial charge >= 0.3 is 0 Å². The number of ether oxygens (including phenoxy) is 2. The molecule has 3 N–H and O–H groups in total. The molecule has 0 amide bonds. The maximum Gasteiger partial charge on any atom is 0.170 e. The highest BCUT2D eigenvalue weighted by molar-refractivity contribution is 5.97. The van der Waals surface area contributed by atoms with Gasteiger partial charge in [-0.3, -0.25) is 0 Å². The minimum atomic E-state index is 0.0760. The van der Waals surface area contributed by atoms with Crippen LogP contribution in [0.15, 0.2) is 17.3 Å². The second kappa shape index (κ2) is 6.99. The fourth-order valence-corrected chi connectivity index (χ4v) is 1.89. The molecule has 0 spiro atoms. The normalized spacial score (nSPS) is 13.4. The first-order chi connectivity index (χ1) is 8.99. The Morgan fingerprint density at radius 1 is 1.37 bits per heavy atom. The Kier molecular flexibility index (Phi) is 5.63. The van der Waals surface area contributed by atoms with Gasteiger partial charge in [0.2, 0.25) is 0 Å². The molecule has 0 saturated carbocycles. The van der Waals surface area contributed by atoms with Crippen LogP contribution in [0.3, 0.4) is 0 Å². The standard InChI is InChI=1S/C14H22N2O3/c1-9-7-12(14(15)16-17)8-10(2)13(9)19-11(3)5-6-18-4/h7-8,11,17H,5-6H2,1-4H3,(H2,15,16). The van der Waals surface area contributed by atoms with E-state index in [0.717, 1.165) is 23.3 Å². The van der Waals surface area contributed by atoms with Gasteiger partial charge in [0, 0.05) is 25.7 Å². The van der Waals surface area contributed by atoms with Crippen LogP contribution in [-0.4, -0.2) is 30.9 Å². The highest BCUT2D eigenvalue weighted by atomic mass is 16.5. The molecule has 1 unspecified atom stereocenters. The van der Waals surface area contributed by atoms with Crippen LogP contribution in [0.1, 0.15) is 30.0 Å². The molecule has 0 bridgehead atoms. The van der Waals surface area contributed by atoms with E-state index >= 15 is 0 Å². The van der Waals surface area contributed by atoms with Crippen LogP contribution in [0.2, 0.25) is 0 Å². The minimum Gasteiger partial charge on any atom is -0.490 e. The average molecular weight is 266 g/mol. The molecule has 0 saturated heterocycles. The predicted octanol–water partition coefficient (Wildman–Crippen LogP) is 2.20. The molecule has 0 aliphatic carbocycles. The Labute approximate surface area is 114 Å². The molecule has 0 heterocycles. The Balaban J connectivity index is 2.91. The van der Waals surface area contributed by atoms with Gasteiger partial charge in [-0.25, -0.2) is 0 Å². The Morgan fingerprint density at radius 3 is 2.42 bits per heavy atom. The summed E-state index contributed by atoms with van der Waals surface area (Å²) in [6.45, 7) is 6.57. The summed E-state index contributed by atoms with van der Waals surface area (Å²) in [5.74, 6) is 0.947. The van der Waals surface area contributed by atoms with Gasteiger partial charge in [-0.1, -0.05) is 5.16 Å². The molecule has 0 aromatic heterocycles. The molecule has 0 radical (unpaired) electrons. The van der Waals surface area contributed by atoms with Crippen molar-refractivity contribution in [2.24, 2.45) is 10.9 Å². The topological polar surface area (TPSA) is 77.1 Å². The van der Waals surface area contributed by atoms with Crippen LogP contribution in [0, 0.1) is 13.8 Å². The zero-order valence-corrected chi connectivity index (χ0v) is 11.9. The summed E-state index contributed by atoms with van der Waals surface area (Å²) in [7, 11) is 1.68. The molecular weight excluding hydrogens is 244 g/mol. The van der Waals surface area contributed by atoms with E-state index in [-0.39, 0.29) is 11.9 Å². The molecular formula is C14H22N2O3. The Morgan fingerprint density at radius 2 is 1.95 bits per heavy atom. The highest BCUT2D eigenvalue weighted by Gasteiger charge is 2.12. The maximum atomic E-state index is 8.70. The number of aryl methyl sites for hydroxylation is 2. The van der Waals surface area contributed by atoms with Crippen molar-refractivity contribution in [2.75, 3.05) is 13.7 Å². The molecule has 0 aliphatic rings. The molecule has 0 fully saturated rings. The molecule has 5 heteroatoms. The summed E-state index contributed by atoms with van der Waals surface area (Å²) in [6.07, 6.45) is 0.907. The van der Waals surface area contributed by atoms with Crippen molar-refractivity contribution in [3.05, 3.63) is 28.8 Å². The maximum absolute atomic E-state index is 8.70. The number of methoxy groups -OCH3 is 1. The van der Waals surface area contributed by atoms with E-state index in [1.54, 1.807) is 7.11 Å². The van der Waals surface area contributed by atoms with E-state index in [2.05, 4.69) is 5.16 Å². The molecule has 0 aliphatic heterocycles. The van der Waals surface area contributed by atoms with Gasteiger partial charge in [0.1, 0.15) is 5.75 Å². The number of nitrogens with two attached hydrogens (primary N) is 1. The van der Waals surface area contributed by atoms with E-state index in [1.165, 1.54) is 0 Å². The van der Waals surface area contributed by atoms with Crippen molar-refractivity contribution in [1.82, 2.24) is 0 Å². The number of hydrogen-bond donors (Lipinski definition) is 2. The summed E-state index contributed by atoms with van der Waals surface area (Å²) in [4.78, 5) is 0. The van der Waals surface area contributed by atoms with E-state index in [0.29, 0.717) is 12.2 Å². The zero-order chi connectivity index (χ0) is 14.4. The van der Waals surface area contributed by atoms with Gasteiger partial charge in [-0.15, -0.1) is 0 Å². The van der Waals surface area contributed by atoms with Gasteiger partial charge in [-0.2, -0.15) is 0 Å². The number of hydrogen-bond acceptors (Lipinski definition) is 4. The predicted molar refractivity (Wildman–Crippen MR) is 75.0 cm³/mol. The number of benzene rings is 1. The fraction of sp³-hybridized carbons (Fsp3) is 0.500. The summed E-state index contributed by atoms with van der Waals surface area (Å²) < 4.78 is 11.0. The van der Waals surface area contributed by atoms with Crippen molar-refractivity contribution in [2.45, 2.75) is 33.3 Å². The molecule has 106 valence electrons. The lowest BCUT2D eigenvalue weighted by Crippen LogP contribution is -2.17. The molecule has 1 aromatic carbocycles. The van der Waals surface area contributed by atoms with Crippen LogP contribution >= 0.6 is 0 Å². The molecule has 19 heavy (non-hydrogen) atoms. The summed E-state index contributed by atoms with van der Waals surface area (Å²) >= 11 is 0. The van der Waals surface area contributed by atoms with Crippen molar-refractivity contribution < 1.29 is 14.7 Å². The zero-order valence-electron chi connectivity index (χ0n) is 11.9. The number of amidine groups is 1. The molecule has 1 rings (SSSR count). The quantitative estimate of drug-likeness (QED) is 0.358. The Bertz CT molecular complexity index is 435. The van der Waals surface area contributed by atoms with Crippen molar-refractivity contribution in [3.8, 4) is 5.75 Å². The molecule has 1 aromatic rings. The lowest BCUT2D eigenvalue weighted by molar-refractivity contribution is 0.134. The van der Waals surface area contributed by atoms with Crippen molar-refractivity contribution >= 4 is 5.84 Å². The Hall–Kier alpha value is -1.75. The van der Waals surface area contributed by atoms with Gasteiger partial charge in [-0.05, 0) is 44.0 Å². The third kappa shape index (κ3) is 4.13. The largest absolute Gasteiger partial charge is 0.490 e. The highest BCUT2D eigenvalue weighted by Crippen LogP contribution is 2.26. The third-order valence-electron chi connectivity index (χ3n) is 2.91. The summed E-state index contributed by atoms with van der Waals surface area (Å²) in [5, 5.41) is 11.7. The number of oxime groups is 1. The number of rotatable bonds is 6. The van der Waals surface area contributed by atoms with Crippen LogP contribution in [0.4, 0.5) is 0 Å². The smallest absolute Gasteiger partial charge is 0.170 e. The lowest BCUT2D eigenvalue weighted by atomic mass is 10.0. The summed E-state index contributed by atoms with van der Waals surface area (Å²) in [6, 6.07) is 3.70. The number of nitrogens with zero attached hydrogens (tertiary/aromatic N) is 1. The SMILES string of the molecule is COCCC(C)Oc1c(C)cc(C(N)=NO)cc1C. The van der Waals surface area contributed by atoms with E-state index in [9.17, 15) is 0 Å². The fourth-order valence-electron chi connectivity index (χ4n) is 1.89. The van der Waals surface area contributed by atoms with Crippen LogP contribution in [-0.2, 0) is 4.74 Å². The average Bonchev–Trinajstić information content (AvgIpc) is 2.39. The first kappa shape index (κ1) is 15.3. The second-order valence-electron chi connectivity index (χ2n) is 4.63. The summed E-state index contributed by atoms with van der Waals surface area (Å²) in [5.41, 5.74) is 8.21. The van der Waals surface area contributed by atoms with E-state index in [1.807, 2.05) is 32.9 Å². The van der Waals surface area contributed by atoms with Crippen LogP contribution in [0.5, 0.6) is 5.75 Å². The monoisotopic (exact) mass is 266 g/mol. The van der Waals surface area contributed by atoms with E-state index in [4.69, 9.17) is 20.4 Å². The third-order valence-corrected chi connectivity index (χ3v) is 2.91. The lowest BCUT2D eigenvalue weighted by Gasteiger charge is -2.19. The van der Waals surface area contributed by atoms with Crippen LogP contribution in [0.25, 0.3) is 0 Å². The van der Waals surface area contributed by atoms with Crippen LogP contribution < -0.4 is 10.5 Å². The van der Waals surface area contributed by atoms with Crippen molar-refractivity contribution in [3.63, 3.8) is 0 Å². The van der Waals surface area contributed by atoms with Crippen molar-refractivity contribution in [1.29, 1.82) is 0 Å².